The Labute approximate surface area is 165 Å². The average molecular weight is 400 g/mol. The van der Waals surface area contributed by atoms with E-state index in [9.17, 15) is 14.0 Å². The number of methoxy groups -OCH3 is 1. The molecule has 0 atom stereocenters. The van der Waals surface area contributed by atoms with Crippen molar-refractivity contribution < 1.29 is 18.7 Å². The highest BCUT2D eigenvalue weighted by Gasteiger charge is 2.16. The normalized spacial score (nSPS) is 10.2. The van der Waals surface area contributed by atoms with E-state index in [2.05, 4.69) is 20.4 Å². The molecule has 2 N–H and O–H groups in total. The summed E-state index contributed by atoms with van der Waals surface area (Å²) in [5.41, 5.74) is 1.60. The number of nitrogens with zero attached hydrogens (tertiary/aromatic N) is 1. The Morgan fingerprint density at radius 1 is 1.04 bits per heavy atom. The number of ether oxygens (including phenoxy) is 1. The molecule has 1 amide bonds. The second-order valence-electron chi connectivity index (χ2n) is 5.68. The quantitative estimate of drug-likeness (QED) is 0.610. The van der Waals surface area contributed by atoms with Crippen LogP contribution in [0.3, 0.4) is 0 Å². The Morgan fingerprint density at radius 3 is 2.36 bits per heavy atom. The maximum Gasteiger partial charge on any atom is 0.337 e. The molecule has 0 unspecified atom stereocenters. The zero-order valence-corrected chi connectivity index (χ0v) is 15.5. The molecule has 2 aromatic carbocycles. The molecule has 0 aliphatic heterocycles. The molecule has 0 aliphatic carbocycles. The highest BCUT2D eigenvalue weighted by atomic mass is 35.5. The van der Waals surface area contributed by atoms with Crippen LogP contribution in [0.4, 0.5) is 21.6 Å². The van der Waals surface area contributed by atoms with Gasteiger partial charge in [-0.2, -0.15) is 0 Å². The lowest BCUT2D eigenvalue weighted by molar-refractivity contribution is 0.0600. The first kappa shape index (κ1) is 19.3. The summed E-state index contributed by atoms with van der Waals surface area (Å²) in [6, 6.07) is 14.0. The molecule has 0 saturated carbocycles. The van der Waals surface area contributed by atoms with Crippen molar-refractivity contribution in [2.24, 2.45) is 0 Å². The smallest absolute Gasteiger partial charge is 0.337 e. The molecule has 3 aromatic rings. The lowest BCUT2D eigenvalue weighted by Crippen LogP contribution is -2.15. The first-order valence-corrected chi connectivity index (χ1v) is 8.52. The topological polar surface area (TPSA) is 80.3 Å². The number of benzene rings is 2. The third-order valence-electron chi connectivity index (χ3n) is 3.79. The molecular formula is C20H15ClFN3O3. The van der Waals surface area contributed by atoms with Crippen LogP contribution >= 0.6 is 11.6 Å². The molecule has 1 heterocycles. The molecule has 0 radical (unpaired) electrons. The first-order valence-electron chi connectivity index (χ1n) is 8.15. The molecule has 0 saturated heterocycles. The molecule has 1 aromatic heterocycles. The summed E-state index contributed by atoms with van der Waals surface area (Å²) in [7, 11) is 1.32. The van der Waals surface area contributed by atoms with Gasteiger partial charge in [0.25, 0.3) is 5.91 Å². The van der Waals surface area contributed by atoms with Gasteiger partial charge in [-0.05, 0) is 48.5 Å². The van der Waals surface area contributed by atoms with Crippen molar-refractivity contribution >= 4 is 40.7 Å². The number of carbonyl (C=O) groups excluding carboxylic acids is 2. The summed E-state index contributed by atoms with van der Waals surface area (Å²) in [5, 5.41) is 5.63. The minimum absolute atomic E-state index is 0.0196. The molecule has 142 valence electrons. The van der Waals surface area contributed by atoms with E-state index in [4.69, 9.17) is 11.6 Å². The number of hydrogen-bond acceptors (Lipinski definition) is 5. The largest absolute Gasteiger partial charge is 0.465 e. The van der Waals surface area contributed by atoms with Crippen molar-refractivity contribution in [2.75, 3.05) is 17.7 Å². The van der Waals surface area contributed by atoms with E-state index in [0.717, 1.165) is 11.8 Å². The van der Waals surface area contributed by atoms with Gasteiger partial charge in [0.1, 0.15) is 11.6 Å². The van der Waals surface area contributed by atoms with E-state index in [1.54, 1.807) is 36.4 Å². The van der Waals surface area contributed by atoms with E-state index in [1.165, 1.54) is 25.4 Å². The van der Waals surface area contributed by atoms with E-state index in [1.807, 2.05) is 0 Å². The van der Waals surface area contributed by atoms with E-state index < -0.39 is 17.7 Å². The number of hydrogen-bond donors (Lipinski definition) is 2. The van der Waals surface area contributed by atoms with Crippen molar-refractivity contribution in [1.82, 2.24) is 4.98 Å². The minimum atomic E-state index is -0.710. The number of aromatic nitrogens is 1. The van der Waals surface area contributed by atoms with Crippen LogP contribution in [0.15, 0.2) is 60.8 Å². The second kappa shape index (κ2) is 8.49. The molecule has 3 rings (SSSR count). The van der Waals surface area contributed by atoms with Crippen LogP contribution in [0, 0.1) is 5.82 Å². The fraction of sp³-hybridized carbons (Fsp3) is 0.0500. The lowest BCUT2D eigenvalue weighted by atomic mass is 10.2. The number of anilines is 3. The number of esters is 1. The molecular weight excluding hydrogens is 385 g/mol. The van der Waals surface area contributed by atoms with Crippen molar-refractivity contribution in [1.29, 1.82) is 0 Å². The van der Waals surface area contributed by atoms with Gasteiger partial charge < -0.3 is 15.4 Å². The zero-order chi connectivity index (χ0) is 20.1. The number of carbonyl (C=O) groups is 2. The lowest BCUT2D eigenvalue weighted by Gasteiger charge is -2.09. The molecule has 6 nitrogen and oxygen atoms in total. The van der Waals surface area contributed by atoms with Crippen LogP contribution in [0.2, 0.25) is 5.02 Å². The first-order chi connectivity index (χ1) is 13.5. The van der Waals surface area contributed by atoms with Gasteiger partial charge in [-0.15, -0.1) is 0 Å². The van der Waals surface area contributed by atoms with Gasteiger partial charge in [-0.1, -0.05) is 17.7 Å². The summed E-state index contributed by atoms with van der Waals surface area (Å²) in [5.74, 6) is -1.56. The maximum atomic E-state index is 13.8. The second-order valence-corrected chi connectivity index (χ2v) is 6.08. The van der Waals surface area contributed by atoms with Crippen LogP contribution in [0.25, 0.3) is 0 Å². The van der Waals surface area contributed by atoms with Crippen LogP contribution in [-0.2, 0) is 4.74 Å². The molecule has 0 bridgehead atoms. The molecule has 8 heteroatoms. The highest BCUT2D eigenvalue weighted by Crippen LogP contribution is 2.21. The molecule has 0 fully saturated rings. The third-order valence-corrected chi connectivity index (χ3v) is 4.10. The predicted octanol–water partition coefficient (Wildman–Crippen LogP) is 4.66. The fourth-order valence-corrected chi connectivity index (χ4v) is 2.66. The number of halogens is 2. The van der Waals surface area contributed by atoms with Crippen molar-refractivity contribution in [3.05, 3.63) is 82.8 Å². The predicted molar refractivity (Wildman–Crippen MR) is 105 cm³/mol. The van der Waals surface area contributed by atoms with E-state index >= 15 is 0 Å². The Bertz CT molecular complexity index is 988. The van der Waals surface area contributed by atoms with E-state index in [-0.39, 0.29) is 16.4 Å². The Kier molecular flexibility index (Phi) is 5.86. The van der Waals surface area contributed by atoms with Crippen LogP contribution in [0.1, 0.15) is 20.7 Å². The van der Waals surface area contributed by atoms with Crippen molar-refractivity contribution in [3.8, 4) is 0 Å². The molecule has 0 spiro atoms. The highest BCUT2D eigenvalue weighted by molar-refractivity contribution is 6.34. The zero-order valence-electron chi connectivity index (χ0n) is 14.7. The summed E-state index contributed by atoms with van der Waals surface area (Å²) >= 11 is 5.89. The Balaban J connectivity index is 1.66. The van der Waals surface area contributed by atoms with Gasteiger partial charge in [0.05, 0.1) is 35.1 Å². The fourth-order valence-electron chi connectivity index (χ4n) is 2.41. The number of nitrogens with one attached hydrogen (secondary N) is 2. The SMILES string of the molecule is COC(=O)c1ccc(Nc2ccc(NC(=O)c3c(F)cccc3Cl)nc2)cc1. The van der Waals surface area contributed by atoms with E-state index in [0.29, 0.717) is 11.3 Å². The van der Waals surface area contributed by atoms with Gasteiger partial charge in [0, 0.05) is 5.69 Å². The van der Waals surface area contributed by atoms with Crippen LogP contribution < -0.4 is 10.6 Å². The number of amides is 1. The third kappa shape index (κ3) is 4.44. The van der Waals surface area contributed by atoms with Crippen LogP contribution in [0.5, 0.6) is 0 Å². The maximum absolute atomic E-state index is 13.8. The van der Waals surface area contributed by atoms with Crippen molar-refractivity contribution in [3.63, 3.8) is 0 Å². The molecule has 28 heavy (non-hydrogen) atoms. The Morgan fingerprint density at radius 2 is 1.75 bits per heavy atom. The summed E-state index contributed by atoms with van der Waals surface area (Å²) < 4.78 is 18.5. The minimum Gasteiger partial charge on any atom is -0.465 e. The van der Waals surface area contributed by atoms with Gasteiger partial charge in [-0.3, -0.25) is 4.79 Å². The van der Waals surface area contributed by atoms with Gasteiger partial charge in [-0.25, -0.2) is 14.2 Å². The summed E-state index contributed by atoms with van der Waals surface area (Å²) in [4.78, 5) is 27.8. The monoisotopic (exact) mass is 399 g/mol. The van der Waals surface area contributed by atoms with Gasteiger partial charge in [0.15, 0.2) is 0 Å². The summed E-state index contributed by atoms with van der Waals surface area (Å²) in [6.45, 7) is 0. The number of rotatable bonds is 5. The number of pyridine rings is 1. The summed E-state index contributed by atoms with van der Waals surface area (Å²) in [6.07, 6.45) is 1.51. The molecule has 0 aliphatic rings. The van der Waals surface area contributed by atoms with Crippen LogP contribution in [-0.4, -0.2) is 24.0 Å². The van der Waals surface area contributed by atoms with Crippen molar-refractivity contribution in [2.45, 2.75) is 0 Å². The standard InChI is InChI=1S/C20H15ClFN3O3/c1-28-20(27)12-5-7-13(8-6-12)24-14-9-10-17(23-11-14)25-19(26)18-15(21)3-2-4-16(18)22/h2-11,24H,1H3,(H,23,25,26). The average Bonchev–Trinajstić information content (AvgIpc) is 2.69. The van der Waals surface area contributed by atoms with Gasteiger partial charge in [0.2, 0.25) is 0 Å². The Hall–Kier alpha value is -3.45. The van der Waals surface area contributed by atoms with Gasteiger partial charge >= 0.3 is 5.97 Å².